The zero-order valence-corrected chi connectivity index (χ0v) is 14.6. The average molecular weight is 363 g/mol. The SMILES string of the molecule is NC(=O)c1csc(N2C[C@@H]3CC[C@H](C2)N(Cc2cscn2)C3=O)n1. The molecule has 2 aromatic rings. The Hall–Kier alpha value is -2.00. The van der Waals surface area contributed by atoms with Gasteiger partial charge in [0.25, 0.3) is 5.91 Å². The Kier molecular flexibility index (Phi) is 3.97. The van der Waals surface area contributed by atoms with Crippen LogP contribution in [0.2, 0.25) is 0 Å². The predicted molar refractivity (Wildman–Crippen MR) is 92.0 cm³/mol. The molecule has 7 nitrogen and oxygen atoms in total. The van der Waals surface area contributed by atoms with Crippen LogP contribution in [0.5, 0.6) is 0 Å². The molecule has 3 saturated heterocycles. The van der Waals surface area contributed by atoms with Gasteiger partial charge >= 0.3 is 0 Å². The summed E-state index contributed by atoms with van der Waals surface area (Å²) in [4.78, 5) is 36.8. The molecule has 0 unspecified atom stereocenters. The van der Waals surface area contributed by atoms with Crippen molar-refractivity contribution in [3.63, 3.8) is 0 Å². The van der Waals surface area contributed by atoms with Crippen LogP contribution in [-0.4, -0.2) is 45.8 Å². The van der Waals surface area contributed by atoms with Crippen LogP contribution >= 0.6 is 22.7 Å². The summed E-state index contributed by atoms with van der Waals surface area (Å²) in [5.74, 6) is -0.340. The van der Waals surface area contributed by atoms with Gasteiger partial charge in [-0.05, 0) is 12.8 Å². The second-order valence-corrected chi connectivity index (χ2v) is 7.71. The van der Waals surface area contributed by atoms with Crippen molar-refractivity contribution in [1.29, 1.82) is 0 Å². The zero-order valence-electron chi connectivity index (χ0n) is 12.9. The molecule has 0 aromatic carbocycles. The van der Waals surface area contributed by atoms with Crippen LogP contribution in [0.3, 0.4) is 0 Å². The fraction of sp³-hybridized carbons (Fsp3) is 0.467. The van der Waals surface area contributed by atoms with E-state index in [2.05, 4.69) is 14.9 Å². The fourth-order valence-electron chi connectivity index (χ4n) is 3.42. The number of primary amides is 1. The number of carbonyl (C=O) groups is 2. The van der Waals surface area contributed by atoms with Crippen molar-refractivity contribution in [1.82, 2.24) is 14.9 Å². The third kappa shape index (κ3) is 2.78. The van der Waals surface area contributed by atoms with E-state index in [9.17, 15) is 9.59 Å². The maximum Gasteiger partial charge on any atom is 0.268 e. The number of thiazole rings is 2. The summed E-state index contributed by atoms with van der Waals surface area (Å²) in [6.45, 7) is 1.95. The molecule has 126 valence electrons. The number of rotatable bonds is 4. The summed E-state index contributed by atoms with van der Waals surface area (Å²) < 4.78 is 0. The quantitative estimate of drug-likeness (QED) is 0.884. The summed E-state index contributed by atoms with van der Waals surface area (Å²) in [5.41, 5.74) is 8.32. The van der Waals surface area contributed by atoms with Gasteiger partial charge in [0.1, 0.15) is 5.69 Å². The van der Waals surface area contributed by atoms with Crippen LogP contribution in [-0.2, 0) is 11.3 Å². The van der Waals surface area contributed by atoms with E-state index in [0.717, 1.165) is 30.2 Å². The molecular weight excluding hydrogens is 346 g/mol. The highest BCUT2D eigenvalue weighted by Gasteiger charge is 2.41. The number of hydrogen-bond acceptors (Lipinski definition) is 7. The lowest BCUT2D eigenvalue weighted by atomic mass is 9.94. The molecule has 2 atom stereocenters. The molecule has 0 aliphatic carbocycles. The van der Waals surface area contributed by atoms with Gasteiger partial charge in [-0.2, -0.15) is 0 Å². The molecule has 3 aliphatic heterocycles. The van der Waals surface area contributed by atoms with Crippen LogP contribution in [0, 0.1) is 5.92 Å². The highest BCUT2D eigenvalue weighted by Crippen LogP contribution is 2.33. The molecule has 24 heavy (non-hydrogen) atoms. The molecule has 9 heteroatoms. The van der Waals surface area contributed by atoms with Gasteiger partial charge in [0.05, 0.1) is 23.7 Å². The average Bonchev–Trinajstić information content (AvgIpc) is 3.18. The maximum atomic E-state index is 12.8. The molecule has 2 aromatic heterocycles. The second-order valence-electron chi connectivity index (χ2n) is 6.16. The third-order valence-corrected chi connectivity index (χ3v) is 6.16. The van der Waals surface area contributed by atoms with Gasteiger partial charge in [-0.3, -0.25) is 9.59 Å². The standard InChI is InChI=1S/C15H17N5O2S2/c16-13(21)12-7-24-15(18-12)19-3-9-1-2-11(5-19)20(14(9)22)4-10-6-23-8-17-10/h6-9,11H,1-5H2,(H2,16,21)/t9-,11+/m0/s1. The van der Waals surface area contributed by atoms with E-state index < -0.39 is 5.91 Å². The Bertz CT molecular complexity index is 760. The van der Waals surface area contributed by atoms with Gasteiger partial charge in [0.2, 0.25) is 5.91 Å². The molecular formula is C15H17N5O2S2. The Balaban J connectivity index is 1.57. The van der Waals surface area contributed by atoms with E-state index in [0.29, 0.717) is 13.1 Å². The first-order valence-corrected chi connectivity index (χ1v) is 9.62. The van der Waals surface area contributed by atoms with Gasteiger partial charge in [-0.15, -0.1) is 22.7 Å². The summed E-state index contributed by atoms with van der Waals surface area (Å²) in [6.07, 6.45) is 1.90. The van der Waals surface area contributed by atoms with E-state index in [-0.39, 0.29) is 23.6 Å². The number of amides is 2. The van der Waals surface area contributed by atoms with Crippen LogP contribution in [0.15, 0.2) is 16.3 Å². The Morgan fingerprint density at radius 2 is 2.21 bits per heavy atom. The van der Waals surface area contributed by atoms with E-state index in [1.165, 1.54) is 11.3 Å². The lowest BCUT2D eigenvalue weighted by molar-refractivity contribution is -0.140. The Morgan fingerprint density at radius 3 is 2.92 bits per heavy atom. The topological polar surface area (TPSA) is 92.4 Å². The number of piperidine rings is 1. The van der Waals surface area contributed by atoms with Crippen LogP contribution < -0.4 is 10.6 Å². The lowest BCUT2D eigenvalue weighted by Crippen LogP contribution is -2.47. The molecule has 2 N–H and O–H groups in total. The minimum Gasteiger partial charge on any atom is -0.364 e. The van der Waals surface area contributed by atoms with Gasteiger partial charge < -0.3 is 15.5 Å². The molecule has 3 fully saturated rings. The molecule has 2 amide bonds. The molecule has 5 heterocycles. The predicted octanol–water partition coefficient (Wildman–Crippen LogP) is 1.33. The summed E-state index contributed by atoms with van der Waals surface area (Å²) in [6, 6.07) is 0.152. The van der Waals surface area contributed by atoms with E-state index in [1.807, 2.05) is 10.3 Å². The largest absolute Gasteiger partial charge is 0.364 e. The van der Waals surface area contributed by atoms with Crippen molar-refractivity contribution in [2.24, 2.45) is 11.7 Å². The minimum absolute atomic E-state index is 0.0247. The highest BCUT2D eigenvalue weighted by molar-refractivity contribution is 7.14. The summed E-state index contributed by atoms with van der Waals surface area (Å²) >= 11 is 2.95. The molecule has 0 spiro atoms. The maximum absolute atomic E-state index is 12.8. The Labute approximate surface area is 147 Å². The zero-order chi connectivity index (χ0) is 16.7. The second kappa shape index (κ2) is 6.14. The van der Waals surface area contributed by atoms with E-state index >= 15 is 0 Å². The number of aromatic nitrogens is 2. The van der Waals surface area contributed by atoms with Crippen molar-refractivity contribution in [2.45, 2.75) is 25.4 Å². The van der Waals surface area contributed by atoms with Crippen molar-refractivity contribution >= 4 is 39.6 Å². The van der Waals surface area contributed by atoms with Crippen LogP contribution in [0.4, 0.5) is 5.13 Å². The first-order chi connectivity index (χ1) is 11.6. The molecule has 0 radical (unpaired) electrons. The molecule has 3 aliphatic rings. The van der Waals surface area contributed by atoms with E-state index in [1.54, 1.807) is 22.2 Å². The summed E-state index contributed by atoms with van der Waals surface area (Å²) in [7, 11) is 0. The Morgan fingerprint density at radius 1 is 1.33 bits per heavy atom. The van der Waals surface area contributed by atoms with Gasteiger partial charge in [-0.25, -0.2) is 9.97 Å². The molecule has 5 rings (SSSR count). The first-order valence-electron chi connectivity index (χ1n) is 7.79. The van der Waals surface area contributed by atoms with Crippen LogP contribution in [0.25, 0.3) is 0 Å². The fourth-order valence-corrected chi connectivity index (χ4v) is 4.80. The van der Waals surface area contributed by atoms with Crippen molar-refractivity contribution < 1.29 is 9.59 Å². The normalized spacial score (nSPS) is 23.6. The van der Waals surface area contributed by atoms with Gasteiger partial charge in [0.15, 0.2) is 5.13 Å². The van der Waals surface area contributed by atoms with Crippen molar-refractivity contribution in [3.8, 4) is 0 Å². The molecule has 2 bridgehead atoms. The van der Waals surface area contributed by atoms with Gasteiger partial charge in [-0.1, -0.05) is 0 Å². The third-order valence-electron chi connectivity index (χ3n) is 4.62. The first kappa shape index (κ1) is 15.5. The number of nitrogens with zero attached hydrogens (tertiary/aromatic N) is 4. The van der Waals surface area contributed by atoms with Crippen molar-refractivity contribution in [3.05, 3.63) is 27.7 Å². The highest BCUT2D eigenvalue weighted by atomic mass is 32.1. The number of nitrogens with two attached hydrogens (primary N) is 1. The smallest absolute Gasteiger partial charge is 0.268 e. The monoisotopic (exact) mass is 363 g/mol. The lowest BCUT2D eigenvalue weighted by Gasteiger charge is -2.35. The number of hydrogen-bond donors (Lipinski definition) is 1. The van der Waals surface area contributed by atoms with E-state index in [4.69, 9.17) is 5.73 Å². The van der Waals surface area contributed by atoms with Crippen LogP contribution in [0.1, 0.15) is 29.0 Å². The number of fused-ring (bicyclic) bond motifs is 4. The molecule has 0 saturated carbocycles. The number of anilines is 1. The number of carbonyl (C=O) groups excluding carboxylic acids is 2. The minimum atomic E-state index is -0.517. The van der Waals surface area contributed by atoms with Gasteiger partial charge in [0, 0.05) is 29.9 Å². The van der Waals surface area contributed by atoms with Crippen molar-refractivity contribution in [2.75, 3.05) is 18.0 Å². The summed E-state index contributed by atoms with van der Waals surface area (Å²) in [5, 5.41) is 4.44.